The Hall–Kier alpha value is -2.71. The summed E-state index contributed by atoms with van der Waals surface area (Å²) >= 11 is 1.61. The maximum absolute atomic E-state index is 12.4. The fourth-order valence-electron chi connectivity index (χ4n) is 5.23. The Morgan fingerprint density at radius 2 is 0.893 bits per heavy atom. The van der Waals surface area contributed by atoms with E-state index in [-0.39, 0.29) is 19.8 Å². The highest BCUT2D eigenvalue weighted by atomic mass is 33.1. The first-order valence-electron chi connectivity index (χ1n) is 19.1. The zero-order chi connectivity index (χ0) is 40.6. The van der Waals surface area contributed by atoms with E-state index in [1.165, 1.54) is 53.0 Å². The maximum Gasteiger partial charge on any atom is 0.332 e. The monoisotopic (exact) mass is 844 g/mol. The second-order valence-electron chi connectivity index (χ2n) is 13.0. The molecule has 0 amide bonds. The van der Waals surface area contributed by atoms with Gasteiger partial charge in [-0.25, -0.2) is 19.2 Å². The van der Waals surface area contributed by atoms with Gasteiger partial charge in [-0.05, 0) is 46.3 Å². The molecule has 0 spiro atoms. The number of esters is 4. The van der Waals surface area contributed by atoms with Crippen LogP contribution >= 0.6 is 33.3 Å². The first kappa shape index (κ1) is 49.4. The summed E-state index contributed by atoms with van der Waals surface area (Å²) in [6, 6.07) is 0. The number of ether oxygens (including phenoxy) is 5. The van der Waals surface area contributed by atoms with Crippen LogP contribution in [-0.4, -0.2) is 210 Å². The number of hydrogen-bond acceptors (Lipinski definition) is 18. The average Bonchev–Trinajstić information content (AvgIpc) is 3.19. The van der Waals surface area contributed by atoms with Crippen molar-refractivity contribution in [3.05, 3.63) is 49.1 Å². The smallest absolute Gasteiger partial charge is 0.332 e. The van der Waals surface area contributed by atoms with Gasteiger partial charge in [0.1, 0.15) is 26.4 Å². The predicted octanol–water partition coefficient (Wildman–Crippen LogP) is 2.48. The topological polar surface area (TPSA) is 134 Å². The summed E-state index contributed by atoms with van der Waals surface area (Å²) in [7, 11) is 8.83. The first-order valence-corrected chi connectivity index (χ1v) is 23.0. The highest BCUT2D eigenvalue weighted by Gasteiger charge is 2.15. The molecule has 2 saturated heterocycles. The molecule has 0 saturated carbocycles. The third-order valence-electron chi connectivity index (χ3n) is 8.55. The summed E-state index contributed by atoms with van der Waals surface area (Å²) in [6.07, 6.45) is 15.6. The van der Waals surface area contributed by atoms with Gasteiger partial charge < -0.3 is 53.1 Å². The van der Waals surface area contributed by atoms with Crippen molar-refractivity contribution in [2.24, 2.45) is 0 Å². The average molecular weight is 845 g/mol. The van der Waals surface area contributed by atoms with Crippen LogP contribution in [0.3, 0.4) is 0 Å². The molecule has 0 bridgehead atoms. The molecule has 2 heterocycles. The Balaban J connectivity index is 1.68. The number of carbonyl (C=O) groups excluding carboxylic acids is 4. The summed E-state index contributed by atoms with van der Waals surface area (Å²) in [4.78, 5) is 62.0. The molecule has 2 aliphatic rings. The van der Waals surface area contributed by atoms with Crippen LogP contribution < -0.4 is 0 Å². The van der Waals surface area contributed by atoms with Crippen molar-refractivity contribution in [2.45, 2.75) is 12.8 Å². The van der Waals surface area contributed by atoms with Gasteiger partial charge in [-0.2, -0.15) is 11.8 Å². The van der Waals surface area contributed by atoms with Crippen LogP contribution in [0.4, 0.5) is 0 Å². The summed E-state index contributed by atoms with van der Waals surface area (Å²) in [5, 5.41) is 0. The minimum absolute atomic E-state index is 0.166. The predicted molar refractivity (Wildman–Crippen MR) is 226 cm³/mol. The van der Waals surface area contributed by atoms with E-state index in [0.717, 1.165) is 84.0 Å². The molecule has 2 fully saturated rings. The SMILES string of the molecule is COCCOC(=O)/C=C/N(/C=C/C(=O)OCCSSCCOC(=O)/C=C/N(/C=C/C(=O)OCCSC)CCCN1CCN(C)CC1)CCCN1CCN(C)CC1. The van der Waals surface area contributed by atoms with Crippen molar-refractivity contribution >= 4 is 57.2 Å². The number of likely N-dealkylation sites (N-methyl/N-ethyl adjacent to an activating group) is 2. The lowest BCUT2D eigenvalue weighted by molar-refractivity contribution is -0.139. The van der Waals surface area contributed by atoms with Crippen molar-refractivity contribution in [3.8, 4) is 0 Å². The van der Waals surface area contributed by atoms with E-state index >= 15 is 0 Å². The summed E-state index contributed by atoms with van der Waals surface area (Å²) in [5.74, 6) is 0.0121. The minimum atomic E-state index is -0.484. The van der Waals surface area contributed by atoms with E-state index in [1.807, 2.05) is 6.26 Å². The molecule has 2 aliphatic heterocycles. The number of carbonyl (C=O) groups is 4. The van der Waals surface area contributed by atoms with Crippen molar-refractivity contribution in [2.75, 3.05) is 156 Å². The minimum Gasteiger partial charge on any atom is -0.462 e. The zero-order valence-electron chi connectivity index (χ0n) is 33.8. The fourth-order valence-corrected chi connectivity index (χ4v) is 7.14. The van der Waals surface area contributed by atoms with Crippen LogP contribution in [0, 0.1) is 0 Å². The van der Waals surface area contributed by atoms with Gasteiger partial charge in [-0.3, -0.25) is 0 Å². The molecule has 2 rings (SSSR count). The van der Waals surface area contributed by atoms with Crippen molar-refractivity contribution in [3.63, 3.8) is 0 Å². The fraction of sp³-hybridized carbons (Fsp3) is 0.684. The van der Waals surface area contributed by atoms with Gasteiger partial charge >= 0.3 is 23.9 Å². The van der Waals surface area contributed by atoms with Gasteiger partial charge in [0, 0.05) is 139 Å². The molecule has 15 nitrogen and oxygen atoms in total. The number of hydrogen-bond donors (Lipinski definition) is 0. The van der Waals surface area contributed by atoms with E-state index < -0.39 is 23.9 Å². The van der Waals surface area contributed by atoms with Gasteiger partial charge in [0.15, 0.2) is 0 Å². The highest BCUT2D eigenvalue weighted by Crippen LogP contribution is 2.20. The molecule has 0 atom stereocenters. The highest BCUT2D eigenvalue weighted by molar-refractivity contribution is 8.76. The molecule has 0 aromatic carbocycles. The van der Waals surface area contributed by atoms with Crippen LogP contribution in [0.1, 0.15) is 12.8 Å². The molecular weight excluding hydrogens is 781 g/mol. The molecule has 0 aromatic rings. The molecular formula is C38H64N6O9S3. The van der Waals surface area contributed by atoms with Gasteiger partial charge in [0.25, 0.3) is 0 Å². The molecule has 0 aromatic heterocycles. The van der Waals surface area contributed by atoms with Gasteiger partial charge in [-0.15, -0.1) is 0 Å². The third kappa shape index (κ3) is 26.3. The third-order valence-corrected chi connectivity index (χ3v) is 11.5. The standard InChI is InChI=1S/C38H64N6O9S3/c1-39-19-23-43(24-20-39)13-5-11-41(15-7-35(45)50-28-27-49-3)17-9-37(47)52-30-33-55-56-34-31-53-38(48)10-18-42(16-8-36(46)51-29-32-54-4)12-6-14-44-25-21-40(2)22-26-44/h7-10,15-18H,5-6,11-14,19-34H2,1-4H3/b15-7+,16-8+,17-9+,18-10+. The van der Waals surface area contributed by atoms with Crippen LogP contribution in [0.15, 0.2) is 49.1 Å². The Labute approximate surface area is 346 Å². The lowest BCUT2D eigenvalue weighted by Crippen LogP contribution is -2.45. The Bertz CT molecular complexity index is 1140. The van der Waals surface area contributed by atoms with E-state index in [9.17, 15) is 19.2 Å². The van der Waals surface area contributed by atoms with Crippen molar-refractivity contribution in [1.29, 1.82) is 0 Å². The Morgan fingerprint density at radius 3 is 1.25 bits per heavy atom. The maximum atomic E-state index is 12.4. The second kappa shape index (κ2) is 32.3. The molecule has 56 heavy (non-hydrogen) atoms. The number of piperazine rings is 2. The summed E-state index contributed by atoms with van der Waals surface area (Å²) < 4.78 is 25.9. The Kier molecular flexibility index (Phi) is 28.5. The van der Waals surface area contributed by atoms with E-state index in [2.05, 4.69) is 33.7 Å². The van der Waals surface area contributed by atoms with Gasteiger partial charge in [0.2, 0.25) is 0 Å². The van der Waals surface area contributed by atoms with Gasteiger partial charge in [-0.1, -0.05) is 21.6 Å². The van der Waals surface area contributed by atoms with E-state index in [0.29, 0.717) is 37.8 Å². The molecule has 318 valence electrons. The Morgan fingerprint density at radius 1 is 0.536 bits per heavy atom. The van der Waals surface area contributed by atoms with Crippen LogP contribution in [0.5, 0.6) is 0 Å². The number of methoxy groups -OCH3 is 1. The van der Waals surface area contributed by atoms with Crippen LogP contribution in [0.2, 0.25) is 0 Å². The largest absolute Gasteiger partial charge is 0.462 e. The van der Waals surface area contributed by atoms with Crippen LogP contribution in [-0.2, 0) is 42.9 Å². The summed E-state index contributed by atoms with van der Waals surface area (Å²) in [5.41, 5.74) is 0. The molecule has 0 N–H and O–H groups in total. The molecule has 0 radical (unpaired) electrons. The van der Waals surface area contributed by atoms with E-state index in [4.69, 9.17) is 23.7 Å². The molecule has 18 heteroatoms. The van der Waals surface area contributed by atoms with Crippen molar-refractivity contribution in [1.82, 2.24) is 29.4 Å². The quantitative estimate of drug-likeness (QED) is 0.0359. The second-order valence-corrected chi connectivity index (χ2v) is 16.7. The van der Waals surface area contributed by atoms with E-state index in [1.54, 1.807) is 46.4 Å². The van der Waals surface area contributed by atoms with Crippen LogP contribution in [0.25, 0.3) is 0 Å². The molecule has 0 unspecified atom stereocenters. The lowest BCUT2D eigenvalue weighted by Gasteiger charge is -2.32. The normalized spacial score (nSPS) is 16.3. The first-order chi connectivity index (χ1) is 27.2. The lowest BCUT2D eigenvalue weighted by atomic mass is 10.3. The van der Waals surface area contributed by atoms with Crippen molar-refractivity contribution < 1.29 is 42.9 Å². The van der Waals surface area contributed by atoms with Gasteiger partial charge in [0.05, 0.1) is 6.61 Å². The molecule has 0 aliphatic carbocycles. The summed E-state index contributed by atoms with van der Waals surface area (Å²) in [6.45, 7) is 12.7. The number of nitrogens with zero attached hydrogens (tertiary/aromatic N) is 6. The zero-order valence-corrected chi connectivity index (χ0v) is 36.2. The number of rotatable bonds is 29. The number of thioether (sulfide) groups is 1.